The minimum atomic E-state index is 0.130. The Morgan fingerprint density at radius 2 is 2.53 bits per heavy atom. The van der Waals surface area contributed by atoms with Crippen LogP contribution in [0.25, 0.3) is 0 Å². The number of ether oxygens (including phenoxy) is 1. The van der Waals surface area contributed by atoms with Crippen LogP contribution in [0, 0.1) is 0 Å². The highest BCUT2D eigenvalue weighted by molar-refractivity contribution is 7.10. The first-order valence-corrected chi connectivity index (χ1v) is 6.37. The predicted octanol–water partition coefficient (Wildman–Crippen LogP) is 3.36. The molecule has 82 valence electrons. The summed E-state index contributed by atoms with van der Waals surface area (Å²) in [6.45, 7) is 3.78. The van der Waals surface area contributed by atoms with Crippen LogP contribution < -0.4 is 5.32 Å². The summed E-state index contributed by atoms with van der Waals surface area (Å²) in [5.74, 6) is 1.02. The molecule has 1 aromatic heterocycles. The van der Waals surface area contributed by atoms with Crippen molar-refractivity contribution in [1.82, 2.24) is 5.32 Å². The second kappa shape index (κ2) is 5.01. The summed E-state index contributed by atoms with van der Waals surface area (Å²) >= 11 is 7.81. The molecule has 0 aliphatic carbocycles. The number of hydrogen-bond acceptors (Lipinski definition) is 3. The molecule has 0 amide bonds. The molecule has 0 saturated carbocycles. The molecule has 2 heterocycles. The lowest BCUT2D eigenvalue weighted by molar-refractivity contribution is 0.217. The van der Waals surface area contributed by atoms with Crippen molar-refractivity contribution < 1.29 is 4.74 Å². The molecular weight excluding hydrogens is 230 g/mol. The molecule has 1 unspecified atom stereocenters. The van der Waals surface area contributed by atoms with E-state index in [-0.39, 0.29) is 6.04 Å². The average molecular weight is 244 g/mol. The van der Waals surface area contributed by atoms with E-state index >= 15 is 0 Å². The summed E-state index contributed by atoms with van der Waals surface area (Å²) in [5, 5.41) is 6.23. The van der Waals surface area contributed by atoms with Crippen LogP contribution in [-0.4, -0.2) is 13.2 Å². The van der Waals surface area contributed by atoms with Gasteiger partial charge in [-0.15, -0.1) is 11.3 Å². The standard InChI is InChI=1S/C11H14ClNOS/c1-2-13-10(9-4-3-6-14-9)11-8(12)5-7-15-11/h4-5,7,10,13H,2-3,6H2,1H3. The van der Waals surface area contributed by atoms with Crippen LogP contribution in [0.3, 0.4) is 0 Å². The zero-order chi connectivity index (χ0) is 10.7. The van der Waals surface area contributed by atoms with Gasteiger partial charge < -0.3 is 10.1 Å². The molecule has 1 atom stereocenters. The van der Waals surface area contributed by atoms with Gasteiger partial charge in [-0.25, -0.2) is 0 Å². The van der Waals surface area contributed by atoms with E-state index in [4.69, 9.17) is 16.3 Å². The molecule has 15 heavy (non-hydrogen) atoms. The van der Waals surface area contributed by atoms with Crippen molar-refractivity contribution in [3.05, 3.63) is 33.2 Å². The van der Waals surface area contributed by atoms with Crippen molar-refractivity contribution in [3.8, 4) is 0 Å². The van der Waals surface area contributed by atoms with Crippen LogP contribution in [0.5, 0.6) is 0 Å². The fourth-order valence-electron chi connectivity index (χ4n) is 1.68. The van der Waals surface area contributed by atoms with E-state index in [1.165, 1.54) is 0 Å². The van der Waals surface area contributed by atoms with Crippen molar-refractivity contribution >= 4 is 22.9 Å². The first kappa shape index (κ1) is 11.0. The molecule has 0 aromatic carbocycles. The molecule has 0 spiro atoms. The summed E-state index contributed by atoms with van der Waals surface area (Å²) in [6, 6.07) is 2.06. The zero-order valence-electron chi connectivity index (χ0n) is 8.63. The highest BCUT2D eigenvalue weighted by Gasteiger charge is 2.22. The molecule has 1 aliphatic rings. The van der Waals surface area contributed by atoms with Crippen molar-refractivity contribution in [2.45, 2.75) is 19.4 Å². The molecular formula is C11H14ClNOS. The Labute approximate surface area is 98.9 Å². The summed E-state index contributed by atoms with van der Waals surface area (Å²) < 4.78 is 5.59. The van der Waals surface area contributed by atoms with E-state index in [2.05, 4.69) is 18.3 Å². The fourth-order valence-corrected chi connectivity index (χ4v) is 2.92. The predicted molar refractivity (Wildman–Crippen MR) is 64.4 cm³/mol. The largest absolute Gasteiger partial charge is 0.496 e. The number of thiophene rings is 1. The summed E-state index contributed by atoms with van der Waals surface area (Å²) in [4.78, 5) is 1.15. The van der Waals surface area contributed by atoms with E-state index < -0.39 is 0 Å². The highest BCUT2D eigenvalue weighted by Crippen LogP contribution is 2.34. The fraction of sp³-hybridized carbons (Fsp3) is 0.455. The van der Waals surface area contributed by atoms with Crippen LogP contribution in [0.4, 0.5) is 0 Å². The van der Waals surface area contributed by atoms with Gasteiger partial charge in [0.1, 0.15) is 11.8 Å². The van der Waals surface area contributed by atoms with Gasteiger partial charge in [-0.2, -0.15) is 0 Å². The van der Waals surface area contributed by atoms with Crippen LogP contribution in [0.2, 0.25) is 5.02 Å². The third-order valence-electron chi connectivity index (χ3n) is 2.33. The van der Waals surface area contributed by atoms with Gasteiger partial charge in [0.05, 0.1) is 11.6 Å². The molecule has 1 N–H and O–H groups in total. The third-order valence-corrected chi connectivity index (χ3v) is 3.76. The molecule has 0 bridgehead atoms. The minimum Gasteiger partial charge on any atom is -0.496 e. The quantitative estimate of drug-likeness (QED) is 0.876. The number of likely N-dealkylation sites (N-methyl/N-ethyl adjacent to an activating group) is 1. The molecule has 2 rings (SSSR count). The molecule has 0 radical (unpaired) electrons. The van der Waals surface area contributed by atoms with Gasteiger partial charge in [-0.3, -0.25) is 0 Å². The summed E-state index contributed by atoms with van der Waals surface area (Å²) in [5.41, 5.74) is 0. The number of hydrogen-bond donors (Lipinski definition) is 1. The van der Waals surface area contributed by atoms with Crippen LogP contribution in [-0.2, 0) is 4.74 Å². The van der Waals surface area contributed by atoms with E-state index in [1.807, 2.05) is 11.4 Å². The molecule has 1 aromatic rings. The Morgan fingerprint density at radius 3 is 3.07 bits per heavy atom. The van der Waals surface area contributed by atoms with Crippen LogP contribution in [0.1, 0.15) is 24.3 Å². The topological polar surface area (TPSA) is 21.3 Å². The van der Waals surface area contributed by atoms with E-state index in [1.54, 1.807) is 11.3 Å². The summed E-state index contributed by atoms with van der Waals surface area (Å²) in [6.07, 6.45) is 3.14. The molecule has 0 saturated heterocycles. The monoisotopic (exact) mass is 243 g/mol. The maximum Gasteiger partial charge on any atom is 0.114 e. The van der Waals surface area contributed by atoms with E-state index in [9.17, 15) is 0 Å². The van der Waals surface area contributed by atoms with Gasteiger partial charge in [0.15, 0.2) is 0 Å². The number of nitrogens with one attached hydrogen (secondary N) is 1. The van der Waals surface area contributed by atoms with E-state index in [0.717, 1.165) is 35.2 Å². The van der Waals surface area contributed by atoms with Crippen molar-refractivity contribution in [2.75, 3.05) is 13.2 Å². The SMILES string of the molecule is CCNC(C1=CCCO1)c1sccc1Cl. The first-order chi connectivity index (χ1) is 7.33. The van der Waals surface area contributed by atoms with Gasteiger partial charge >= 0.3 is 0 Å². The molecule has 4 heteroatoms. The molecule has 1 aliphatic heterocycles. The second-order valence-electron chi connectivity index (χ2n) is 3.37. The molecule has 0 fully saturated rings. The van der Waals surface area contributed by atoms with Gasteiger partial charge in [-0.05, 0) is 24.1 Å². The van der Waals surface area contributed by atoms with Crippen molar-refractivity contribution in [2.24, 2.45) is 0 Å². The van der Waals surface area contributed by atoms with Crippen molar-refractivity contribution in [3.63, 3.8) is 0 Å². The first-order valence-electron chi connectivity index (χ1n) is 5.12. The number of rotatable bonds is 4. The van der Waals surface area contributed by atoms with Gasteiger partial charge in [-0.1, -0.05) is 18.5 Å². The number of halogens is 1. The zero-order valence-corrected chi connectivity index (χ0v) is 10.2. The Morgan fingerprint density at radius 1 is 1.67 bits per heavy atom. The Balaban J connectivity index is 2.23. The van der Waals surface area contributed by atoms with Gasteiger partial charge in [0, 0.05) is 11.3 Å². The minimum absolute atomic E-state index is 0.130. The van der Waals surface area contributed by atoms with Crippen LogP contribution >= 0.6 is 22.9 Å². The Bertz CT molecular complexity index is 361. The second-order valence-corrected chi connectivity index (χ2v) is 4.72. The van der Waals surface area contributed by atoms with Crippen molar-refractivity contribution in [1.29, 1.82) is 0 Å². The summed E-state index contributed by atoms with van der Waals surface area (Å²) in [7, 11) is 0. The van der Waals surface area contributed by atoms with Crippen LogP contribution in [0.15, 0.2) is 23.3 Å². The highest BCUT2D eigenvalue weighted by atomic mass is 35.5. The van der Waals surface area contributed by atoms with E-state index in [0.29, 0.717) is 0 Å². The lowest BCUT2D eigenvalue weighted by Crippen LogP contribution is -2.22. The smallest absolute Gasteiger partial charge is 0.114 e. The normalized spacial score (nSPS) is 17.3. The third kappa shape index (κ3) is 2.36. The Kier molecular flexibility index (Phi) is 3.67. The maximum absolute atomic E-state index is 6.14. The Hall–Kier alpha value is -0.510. The lowest BCUT2D eigenvalue weighted by Gasteiger charge is -2.18. The molecule has 2 nitrogen and oxygen atoms in total. The maximum atomic E-state index is 6.14. The average Bonchev–Trinajstić information content (AvgIpc) is 2.85. The lowest BCUT2D eigenvalue weighted by atomic mass is 10.2. The van der Waals surface area contributed by atoms with Gasteiger partial charge in [0.25, 0.3) is 0 Å². The van der Waals surface area contributed by atoms with Gasteiger partial charge in [0.2, 0.25) is 0 Å².